The first-order valence-electron chi connectivity index (χ1n) is 3.03. The van der Waals surface area contributed by atoms with Gasteiger partial charge in [0.15, 0.2) is 0 Å². The van der Waals surface area contributed by atoms with Crippen molar-refractivity contribution >= 4 is 28.5 Å². The summed E-state index contributed by atoms with van der Waals surface area (Å²) in [5, 5.41) is 17.3. The van der Waals surface area contributed by atoms with Gasteiger partial charge in [0.25, 0.3) is 0 Å². The maximum absolute atomic E-state index is 12.8. The van der Waals surface area contributed by atoms with E-state index in [0.29, 0.717) is 0 Å². The average Bonchev–Trinajstić information content (AvgIpc) is 1.97. The Morgan fingerprint density at radius 2 is 1.67 bits per heavy atom. The normalized spacial score (nSPS) is 10.1. The minimum absolute atomic E-state index is 0.266. The van der Waals surface area contributed by atoms with Gasteiger partial charge in [0.1, 0.15) is 11.6 Å². The van der Waals surface area contributed by atoms with E-state index < -0.39 is 24.2 Å². The van der Waals surface area contributed by atoms with Crippen LogP contribution in [0.15, 0.2) is 16.6 Å². The minimum Gasteiger partial charge on any atom is -0.423 e. The third-order valence-electron chi connectivity index (χ3n) is 1.34. The van der Waals surface area contributed by atoms with Crippen molar-refractivity contribution in [1.82, 2.24) is 0 Å². The molecule has 1 aromatic rings. The second kappa shape index (κ2) is 3.51. The Hall–Kier alpha value is -0.455. The third-order valence-corrected chi connectivity index (χ3v) is 2.14. The predicted octanol–water partition coefficient (Wildman–Crippen LogP) is 0.407. The average molecular weight is 237 g/mol. The number of hydrogen-bond acceptors (Lipinski definition) is 2. The quantitative estimate of drug-likeness (QED) is 0.548. The summed E-state index contributed by atoms with van der Waals surface area (Å²) < 4.78 is 25.2. The van der Waals surface area contributed by atoms with Crippen LogP contribution in [0.3, 0.4) is 0 Å². The monoisotopic (exact) mass is 236 g/mol. The smallest absolute Gasteiger partial charge is 0.423 e. The number of rotatable bonds is 1. The highest BCUT2D eigenvalue weighted by Gasteiger charge is 2.22. The Morgan fingerprint density at radius 1 is 1.17 bits per heavy atom. The van der Waals surface area contributed by atoms with Gasteiger partial charge in [-0.1, -0.05) is 0 Å². The first kappa shape index (κ1) is 9.63. The lowest BCUT2D eigenvalue weighted by molar-refractivity contribution is 0.422. The van der Waals surface area contributed by atoms with Gasteiger partial charge in [-0.25, -0.2) is 8.78 Å². The maximum Gasteiger partial charge on any atom is 0.492 e. The van der Waals surface area contributed by atoms with Gasteiger partial charge in [-0.15, -0.1) is 0 Å². The maximum atomic E-state index is 12.8. The van der Waals surface area contributed by atoms with Gasteiger partial charge in [-0.3, -0.25) is 0 Å². The van der Waals surface area contributed by atoms with E-state index in [9.17, 15) is 8.78 Å². The molecule has 0 atom stereocenters. The van der Waals surface area contributed by atoms with E-state index in [1.165, 1.54) is 0 Å². The Balaban J connectivity index is 3.33. The van der Waals surface area contributed by atoms with Crippen molar-refractivity contribution in [3.8, 4) is 0 Å². The highest BCUT2D eigenvalue weighted by molar-refractivity contribution is 9.10. The highest BCUT2D eigenvalue weighted by atomic mass is 79.9. The fourth-order valence-corrected chi connectivity index (χ4v) is 1.31. The first-order chi connectivity index (χ1) is 5.54. The molecule has 2 nitrogen and oxygen atoms in total. The Labute approximate surface area is 76.1 Å². The second-order valence-electron chi connectivity index (χ2n) is 2.13. The lowest BCUT2D eigenvalue weighted by Crippen LogP contribution is -2.34. The van der Waals surface area contributed by atoms with Crippen molar-refractivity contribution in [3.05, 3.63) is 28.2 Å². The molecule has 0 fully saturated rings. The molecule has 12 heavy (non-hydrogen) atoms. The largest absolute Gasteiger partial charge is 0.492 e. The van der Waals surface area contributed by atoms with Gasteiger partial charge in [-0.05, 0) is 28.1 Å². The predicted molar refractivity (Wildman–Crippen MR) is 43.9 cm³/mol. The van der Waals surface area contributed by atoms with E-state index in [2.05, 4.69) is 15.9 Å². The van der Waals surface area contributed by atoms with Crippen molar-refractivity contribution in [2.24, 2.45) is 0 Å². The van der Waals surface area contributed by atoms with E-state index in [0.717, 1.165) is 12.1 Å². The third kappa shape index (κ3) is 1.65. The van der Waals surface area contributed by atoms with Crippen LogP contribution in [0.2, 0.25) is 0 Å². The summed E-state index contributed by atoms with van der Waals surface area (Å²) >= 11 is 2.70. The Bertz CT molecular complexity index is 306. The molecule has 0 bridgehead atoms. The van der Waals surface area contributed by atoms with Crippen LogP contribution in [0, 0.1) is 11.6 Å². The molecule has 0 amide bonds. The van der Waals surface area contributed by atoms with E-state index in [1.54, 1.807) is 0 Å². The van der Waals surface area contributed by atoms with Crippen molar-refractivity contribution in [3.63, 3.8) is 0 Å². The molecule has 0 saturated carbocycles. The standard InChI is InChI=1S/C6H4BBrF2O2/c8-6-4(10)2-1-3(9)5(6)7(11)12/h1-2,11-12H. The molecule has 0 aliphatic rings. The van der Waals surface area contributed by atoms with Crippen molar-refractivity contribution < 1.29 is 18.8 Å². The van der Waals surface area contributed by atoms with Crippen LogP contribution in [0.25, 0.3) is 0 Å². The first-order valence-corrected chi connectivity index (χ1v) is 3.83. The van der Waals surface area contributed by atoms with E-state index >= 15 is 0 Å². The highest BCUT2D eigenvalue weighted by Crippen LogP contribution is 2.14. The van der Waals surface area contributed by atoms with Gasteiger partial charge in [0.2, 0.25) is 0 Å². The zero-order chi connectivity index (χ0) is 9.30. The van der Waals surface area contributed by atoms with Crippen LogP contribution >= 0.6 is 15.9 Å². The fourth-order valence-electron chi connectivity index (χ4n) is 0.779. The summed E-state index contributed by atoms with van der Waals surface area (Å²) in [6, 6.07) is 1.72. The molecule has 0 aromatic heterocycles. The molecule has 0 radical (unpaired) electrons. The van der Waals surface area contributed by atoms with Gasteiger partial charge >= 0.3 is 7.12 Å². The van der Waals surface area contributed by atoms with E-state index in [-0.39, 0.29) is 4.47 Å². The number of hydrogen-bond donors (Lipinski definition) is 2. The molecule has 0 unspecified atom stereocenters. The van der Waals surface area contributed by atoms with Crippen LogP contribution in [-0.2, 0) is 0 Å². The molecule has 0 spiro atoms. The molecule has 2 N–H and O–H groups in total. The van der Waals surface area contributed by atoms with Crippen LogP contribution in [0.1, 0.15) is 0 Å². The fraction of sp³-hybridized carbons (Fsp3) is 0. The van der Waals surface area contributed by atoms with Gasteiger partial charge in [-0.2, -0.15) is 0 Å². The zero-order valence-electron chi connectivity index (χ0n) is 5.76. The summed E-state index contributed by atoms with van der Waals surface area (Å²) in [5.74, 6) is -1.60. The zero-order valence-corrected chi connectivity index (χ0v) is 7.35. The van der Waals surface area contributed by atoms with Crippen LogP contribution in [0.4, 0.5) is 8.78 Å². The summed E-state index contributed by atoms with van der Waals surface area (Å²) in [7, 11) is -2.02. The lowest BCUT2D eigenvalue weighted by Gasteiger charge is -2.04. The molecule has 1 rings (SSSR count). The summed E-state index contributed by atoms with van der Waals surface area (Å²) in [6.45, 7) is 0. The number of halogens is 3. The molecule has 0 heterocycles. The summed E-state index contributed by atoms with van der Waals surface area (Å²) in [6.07, 6.45) is 0. The van der Waals surface area contributed by atoms with Crippen molar-refractivity contribution in [2.45, 2.75) is 0 Å². The molecule has 64 valence electrons. The van der Waals surface area contributed by atoms with Gasteiger partial charge < -0.3 is 10.0 Å². The van der Waals surface area contributed by atoms with Crippen LogP contribution in [-0.4, -0.2) is 17.2 Å². The number of benzene rings is 1. The van der Waals surface area contributed by atoms with Crippen molar-refractivity contribution in [2.75, 3.05) is 0 Å². The van der Waals surface area contributed by atoms with Gasteiger partial charge in [0, 0.05) is 5.46 Å². The second-order valence-corrected chi connectivity index (χ2v) is 2.92. The molecule has 6 heteroatoms. The molecular weight excluding hydrogens is 233 g/mol. The molecule has 0 aliphatic heterocycles. The van der Waals surface area contributed by atoms with Crippen molar-refractivity contribution in [1.29, 1.82) is 0 Å². The van der Waals surface area contributed by atoms with E-state index in [1.807, 2.05) is 0 Å². The Morgan fingerprint density at radius 3 is 2.08 bits per heavy atom. The van der Waals surface area contributed by atoms with E-state index in [4.69, 9.17) is 10.0 Å². The molecular formula is C6H4BBrF2O2. The minimum atomic E-state index is -2.02. The van der Waals surface area contributed by atoms with Crippen LogP contribution < -0.4 is 5.46 Å². The molecule has 0 saturated heterocycles. The summed E-state index contributed by atoms with van der Waals surface area (Å²) in [5.41, 5.74) is -0.491. The SMILES string of the molecule is OB(O)c1c(F)ccc(F)c1Br. The molecule has 1 aromatic carbocycles. The summed E-state index contributed by atoms with van der Waals surface area (Å²) in [4.78, 5) is 0. The molecule has 0 aliphatic carbocycles. The van der Waals surface area contributed by atoms with Gasteiger partial charge in [0.05, 0.1) is 4.47 Å². The lowest BCUT2D eigenvalue weighted by atomic mass is 9.80. The Kier molecular flexibility index (Phi) is 2.82. The van der Waals surface area contributed by atoms with Crippen LogP contribution in [0.5, 0.6) is 0 Å². The topological polar surface area (TPSA) is 40.5 Å².